The van der Waals surface area contributed by atoms with Gasteiger partial charge in [-0.3, -0.25) is 0 Å². The number of anilines is 1. The molecule has 0 saturated heterocycles. The predicted molar refractivity (Wildman–Crippen MR) is 70.4 cm³/mol. The molecule has 1 heterocycles. The Labute approximate surface area is 104 Å². The zero-order valence-electron chi connectivity index (χ0n) is 11.1. The van der Waals surface area contributed by atoms with Crippen LogP contribution in [-0.2, 0) is 11.2 Å². The van der Waals surface area contributed by atoms with E-state index in [1.165, 1.54) is 0 Å². The van der Waals surface area contributed by atoms with Crippen LogP contribution in [0.1, 0.15) is 38.2 Å². The highest BCUT2D eigenvalue weighted by atomic mass is 16.5. The Kier molecular flexibility index (Phi) is 6.55. The third-order valence-corrected chi connectivity index (χ3v) is 2.37. The topological polar surface area (TPSA) is 47.0 Å². The van der Waals surface area contributed by atoms with Gasteiger partial charge in [0.05, 0.1) is 0 Å². The molecule has 0 atom stereocenters. The predicted octanol–water partition coefficient (Wildman–Crippen LogP) is 2.58. The molecular weight excluding hydrogens is 214 g/mol. The second-order valence-corrected chi connectivity index (χ2v) is 4.04. The molecule has 0 amide bonds. The second-order valence-electron chi connectivity index (χ2n) is 4.04. The number of rotatable bonds is 8. The summed E-state index contributed by atoms with van der Waals surface area (Å²) in [4.78, 5) is 8.70. The first-order valence-corrected chi connectivity index (χ1v) is 6.42. The summed E-state index contributed by atoms with van der Waals surface area (Å²) in [6.07, 6.45) is 3.03. The lowest BCUT2D eigenvalue weighted by Gasteiger charge is -2.08. The van der Waals surface area contributed by atoms with Crippen molar-refractivity contribution < 1.29 is 4.74 Å². The minimum atomic E-state index is 0.811. The molecule has 1 rings (SSSR count). The van der Waals surface area contributed by atoms with E-state index in [9.17, 15) is 0 Å². The van der Waals surface area contributed by atoms with Crippen LogP contribution in [0.4, 0.5) is 5.82 Å². The number of nitrogens with one attached hydrogen (secondary N) is 1. The van der Waals surface area contributed by atoms with E-state index in [2.05, 4.69) is 29.1 Å². The first-order chi connectivity index (χ1) is 8.26. The molecule has 0 radical (unpaired) electrons. The fraction of sp³-hybridized carbons (Fsp3) is 0.692. The number of aryl methyl sites for hydroxylation is 2. The van der Waals surface area contributed by atoms with Crippen LogP contribution in [0, 0.1) is 6.92 Å². The summed E-state index contributed by atoms with van der Waals surface area (Å²) in [7, 11) is 0. The van der Waals surface area contributed by atoms with Crippen LogP contribution < -0.4 is 5.32 Å². The highest BCUT2D eigenvalue weighted by Crippen LogP contribution is 2.07. The van der Waals surface area contributed by atoms with Crippen molar-refractivity contribution in [2.75, 3.05) is 25.1 Å². The average molecular weight is 237 g/mol. The molecule has 0 fully saturated rings. The molecule has 0 aliphatic heterocycles. The van der Waals surface area contributed by atoms with Crippen LogP contribution >= 0.6 is 0 Å². The van der Waals surface area contributed by atoms with E-state index in [-0.39, 0.29) is 0 Å². The van der Waals surface area contributed by atoms with Crippen LogP contribution in [0.2, 0.25) is 0 Å². The quantitative estimate of drug-likeness (QED) is 0.706. The SMILES string of the molecule is CCCOCCCNc1cc(CC)nc(C)n1. The van der Waals surface area contributed by atoms with Crippen molar-refractivity contribution in [3.63, 3.8) is 0 Å². The molecular formula is C13H23N3O. The molecule has 17 heavy (non-hydrogen) atoms. The maximum Gasteiger partial charge on any atom is 0.129 e. The fourth-order valence-corrected chi connectivity index (χ4v) is 1.54. The summed E-state index contributed by atoms with van der Waals surface area (Å²) >= 11 is 0. The zero-order valence-corrected chi connectivity index (χ0v) is 11.1. The van der Waals surface area contributed by atoms with Gasteiger partial charge in [0.15, 0.2) is 0 Å². The first-order valence-electron chi connectivity index (χ1n) is 6.42. The largest absolute Gasteiger partial charge is 0.381 e. The standard InChI is InChI=1S/C13H23N3O/c1-4-8-17-9-6-7-14-13-10-12(5-2)15-11(3)16-13/h10H,4-9H2,1-3H3,(H,14,15,16). The first kappa shape index (κ1) is 13.9. The molecule has 0 bridgehead atoms. The Morgan fingerprint density at radius 3 is 2.76 bits per heavy atom. The monoisotopic (exact) mass is 237 g/mol. The molecule has 4 heteroatoms. The van der Waals surface area contributed by atoms with Crippen molar-refractivity contribution in [1.29, 1.82) is 0 Å². The van der Waals surface area contributed by atoms with E-state index in [0.29, 0.717) is 0 Å². The maximum atomic E-state index is 5.42. The van der Waals surface area contributed by atoms with Gasteiger partial charge in [-0.1, -0.05) is 13.8 Å². The third-order valence-electron chi connectivity index (χ3n) is 2.37. The summed E-state index contributed by atoms with van der Waals surface area (Å²) < 4.78 is 5.42. The molecule has 0 saturated carbocycles. The van der Waals surface area contributed by atoms with Gasteiger partial charge in [0, 0.05) is 31.5 Å². The molecule has 96 valence electrons. The summed E-state index contributed by atoms with van der Waals surface area (Å²) in [6.45, 7) is 8.70. The number of hydrogen-bond acceptors (Lipinski definition) is 4. The lowest BCUT2D eigenvalue weighted by Crippen LogP contribution is -2.09. The number of ether oxygens (including phenoxy) is 1. The lowest BCUT2D eigenvalue weighted by atomic mass is 10.3. The van der Waals surface area contributed by atoms with E-state index in [0.717, 1.165) is 56.4 Å². The van der Waals surface area contributed by atoms with E-state index in [1.54, 1.807) is 0 Å². The highest BCUT2D eigenvalue weighted by Gasteiger charge is 1.99. The summed E-state index contributed by atoms with van der Waals surface area (Å²) in [5.41, 5.74) is 1.09. The van der Waals surface area contributed by atoms with Gasteiger partial charge in [-0.15, -0.1) is 0 Å². The second kappa shape index (κ2) is 8.01. The van der Waals surface area contributed by atoms with Crippen molar-refractivity contribution in [2.24, 2.45) is 0 Å². The van der Waals surface area contributed by atoms with Crippen LogP contribution in [0.25, 0.3) is 0 Å². The Morgan fingerprint density at radius 2 is 2.06 bits per heavy atom. The van der Waals surface area contributed by atoms with Crippen molar-refractivity contribution in [1.82, 2.24) is 9.97 Å². The van der Waals surface area contributed by atoms with E-state index in [1.807, 2.05) is 13.0 Å². The van der Waals surface area contributed by atoms with E-state index < -0.39 is 0 Å². The molecule has 1 aromatic heterocycles. The summed E-state index contributed by atoms with van der Waals surface area (Å²) in [6, 6.07) is 2.01. The van der Waals surface area contributed by atoms with Gasteiger partial charge in [0.2, 0.25) is 0 Å². The van der Waals surface area contributed by atoms with E-state index in [4.69, 9.17) is 4.74 Å². The Morgan fingerprint density at radius 1 is 1.24 bits per heavy atom. The van der Waals surface area contributed by atoms with Crippen LogP contribution in [0.3, 0.4) is 0 Å². The molecule has 0 aromatic carbocycles. The van der Waals surface area contributed by atoms with Crippen molar-refractivity contribution in [3.05, 3.63) is 17.6 Å². The minimum absolute atomic E-state index is 0.811. The van der Waals surface area contributed by atoms with Gasteiger partial charge in [-0.2, -0.15) is 0 Å². The van der Waals surface area contributed by atoms with Gasteiger partial charge >= 0.3 is 0 Å². The van der Waals surface area contributed by atoms with Crippen LogP contribution in [-0.4, -0.2) is 29.7 Å². The van der Waals surface area contributed by atoms with Gasteiger partial charge in [-0.05, 0) is 26.2 Å². The van der Waals surface area contributed by atoms with Gasteiger partial charge in [0.25, 0.3) is 0 Å². The number of aromatic nitrogens is 2. The van der Waals surface area contributed by atoms with Crippen molar-refractivity contribution in [3.8, 4) is 0 Å². The fourth-order valence-electron chi connectivity index (χ4n) is 1.54. The minimum Gasteiger partial charge on any atom is -0.381 e. The smallest absolute Gasteiger partial charge is 0.129 e. The molecule has 1 aromatic rings. The highest BCUT2D eigenvalue weighted by molar-refractivity contribution is 5.35. The van der Waals surface area contributed by atoms with E-state index >= 15 is 0 Å². The third kappa shape index (κ3) is 5.63. The average Bonchev–Trinajstić information content (AvgIpc) is 2.33. The van der Waals surface area contributed by atoms with Crippen molar-refractivity contribution >= 4 is 5.82 Å². The van der Waals surface area contributed by atoms with Crippen LogP contribution in [0.5, 0.6) is 0 Å². The Balaban J connectivity index is 2.28. The number of hydrogen-bond donors (Lipinski definition) is 1. The number of nitrogens with zero attached hydrogens (tertiary/aromatic N) is 2. The normalized spacial score (nSPS) is 10.5. The maximum absolute atomic E-state index is 5.42. The zero-order chi connectivity index (χ0) is 12.5. The van der Waals surface area contributed by atoms with Gasteiger partial charge in [0.1, 0.15) is 11.6 Å². The van der Waals surface area contributed by atoms with Gasteiger partial charge in [-0.25, -0.2) is 9.97 Å². The molecule has 4 nitrogen and oxygen atoms in total. The van der Waals surface area contributed by atoms with Gasteiger partial charge < -0.3 is 10.1 Å². The molecule has 0 unspecified atom stereocenters. The summed E-state index contributed by atoms with van der Waals surface area (Å²) in [5, 5.41) is 3.31. The Bertz CT molecular complexity index is 328. The van der Waals surface area contributed by atoms with Crippen molar-refractivity contribution in [2.45, 2.75) is 40.0 Å². The molecule has 0 spiro atoms. The Hall–Kier alpha value is -1.16. The molecule has 1 N–H and O–H groups in total. The lowest BCUT2D eigenvalue weighted by molar-refractivity contribution is 0.134. The molecule has 0 aliphatic carbocycles. The molecule has 0 aliphatic rings. The summed E-state index contributed by atoms with van der Waals surface area (Å²) in [5.74, 6) is 1.75. The van der Waals surface area contributed by atoms with Crippen LogP contribution in [0.15, 0.2) is 6.07 Å².